The molecule has 19 heavy (non-hydrogen) atoms. The smallest absolute Gasteiger partial charge is 0.263 e. The summed E-state index contributed by atoms with van der Waals surface area (Å²) >= 11 is 0. The van der Waals surface area contributed by atoms with Crippen molar-refractivity contribution in [3.8, 4) is 0 Å². The first-order valence-electron chi connectivity index (χ1n) is 6.24. The molecule has 2 unspecified atom stereocenters. The van der Waals surface area contributed by atoms with Gasteiger partial charge in [0.25, 0.3) is 6.43 Å². The van der Waals surface area contributed by atoms with Gasteiger partial charge in [-0.3, -0.25) is 14.9 Å². The molecule has 1 N–H and O–H groups in total. The third-order valence-corrected chi connectivity index (χ3v) is 3.55. The van der Waals surface area contributed by atoms with Gasteiger partial charge >= 0.3 is 0 Å². The van der Waals surface area contributed by atoms with Crippen molar-refractivity contribution in [1.29, 1.82) is 0 Å². The Labute approximate surface area is 110 Å². The normalized spacial score (nSPS) is 23.6. The number of imide groups is 1. The van der Waals surface area contributed by atoms with Gasteiger partial charge in [0, 0.05) is 23.8 Å². The number of alkyl halides is 2. The molecule has 1 aromatic rings. The standard InChI is InChI=1S/C14H15F2NO2/c1-2-10-11(7-12(18)17-14(10)19)8-3-5-9(6-4-8)13(15)16/h3-6,10-11,13H,2,7H2,1H3,(H,17,18,19). The van der Waals surface area contributed by atoms with Gasteiger partial charge in [-0.25, -0.2) is 8.78 Å². The molecular formula is C14H15F2NO2. The van der Waals surface area contributed by atoms with Crippen molar-refractivity contribution < 1.29 is 18.4 Å². The van der Waals surface area contributed by atoms with Crippen molar-refractivity contribution in [1.82, 2.24) is 5.32 Å². The molecule has 0 radical (unpaired) electrons. The first-order chi connectivity index (χ1) is 9.02. The number of hydrogen-bond acceptors (Lipinski definition) is 2. The fraction of sp³-hybridized carbons (Fsp3) is 0.429. The van der Waals surface area contributed by atoms with Gasteiger partial charge in [-0.1, -0.05) is 31.2 Å². The van der Waals surface area contributed by atoms with Gasteiger partial charge < -0.3 is 0 Å². The number of halogens is 2. The van der Waals surface area contributed by atoms with Crippen LogP contribution in [-0.2, 0) is 9.59 Å². The molecule has 5 heteroatoms. The van der Waals surface area contributed by atoms with E-state index < -0.39 is 6.43 Å². The minimum atomic E-state index is -2.51. The average molecular weight is 267 g/mol. The summed E-state index contributed by atoms with van der Waals surface area (Å²) in [5, 5.41) is 2.31. The number of carbonyl (C=O) groups excluding carboxylic acids is 2. The van der Waals surface area contributed by atoms with E-state index in [2.05, 4.69) is 5.32 Å². The monoisotopic (exact) mass is 267 g/mol. The van der Waals surface area contributed by atoms with Crippen molar-refractivity contribution in [3.63, 3.8) is 0 Å². The number of carbonyl (C=O) groups is 2. The summed E-state index contributed by atoms with van der Waals surface area (Å²) in [6.07, 6.45) is -1.68. The lowest BCUT2D eigenvalue weighted by molar-refractivity contribution is -0.137. The van der Waals surface area contributed by atoms with Gasteiger partial charge in [0.05, 0.1) is 0 Å². The van der Waals surface area contributed by atoms with Crippen LogP contribution in [-0.4, -0.2) is 11.8 Å². The minimum Gasteiger partial charge on any atom is -0.296 e. The maximum atomic E-state index is 12.5. The van der Waals surface area contributed by atoms with E-state index in [4.69, 9.17) is 0 Å². The number of piperidine rings is 1. The summed E-state index contributed by atoms with van der Waals surface area (Å²) in [5.74, 6) is -1.09. The topological polar surface area (TPSA) is 46.2 Å². The van der Waals surface area contributed by atoms with Crippen molar-refractivity contribution in [3.05, 3.63) is 35.4 Å². The summed E-state index contributed by atoms with van der Waals surface area (Å²) in [6.45, 7) is 1.88. The van der Waals surface area contributed by atoms with Crippen molar-refractivity contribution in [2.24, 2.45) is 5.92 Å². The first-order valence-corrected chi connectivity index (χ1v) is 6.24. The van der Waals surface area contributed by atoms with Crippen LogP contribution in [0.2, 0.25) is 0 Å². The Morgan fingerprint density at radius 2 is 1.89 bits per heavy atom. The Morgan fingerprint density at radius 1 is 1.26 bits per heavy atom. The number of hydrogen-bond donors (Lipinski definition) is 1. The molecule has 1 aliphatic heterocycles. The van der Waals surface area contributed by atoms with Gasteiger partial charge in [-0.2, -0.15) is 0 Å². The van der Waals surface area contributed by atoms with E-state index in [1.165, 1.54) is 12.1 Å². The molecule has 0 spiro atoms. The molecule has 1 fully saturated rings. The lowest BCUT2D eigenvalue weighted by Crippen LogP contribution is -2.44. The lowest BCUT2D eigenvalue weighted by atomic mass is 9.79. The summed E-state index contributed by atoms with van der Waals surface area (Å²) in [4.78, 5) is 23.2. The zero-order valence-electron chi connectivity index (χ0n) is 10.5. The number of amides is 2. The second-order valence-electron chi connectivity index (χ2n) is 4.71. The lowest BCUT2D eigenvalue weighted by Gasteiger charge is -2.29. The number of benzene rings is 1. The highest BCUT2D eigenvalue weighted by molar-refractivity contribution is 5.99. The Hall–Kier alpha value is -1.78. The van der Waals surface area contributed by atoms with E-state index in [0.29, 0.717) is 6.42 Å². The molecule has 0 saturated carbocycles. The highest BCUT2D eigenvalue weighted by atomic mass is 19.3. The molecule has 1 saturated heterocycles. The highest BCUT2D eigenvalue weighted by Gasteiger charge is 2.35. The molecule has 3 nitrogen and oxygen atoms in total. The van der Waals surface area contributed by atoms with Crippen LogP contribution in [0.1, 0.15) is 43.2 Å². The van der Waals surface area contributed by atoms with Crippen LogP contribution in [0.5, 0.6) is 0 Å². The largest absolute Gasteiger partial charge is 0.296 e. The van der Waals surface area contributed by atoms with E-state index in [-0.39, 0.29) is 35.6 Å². The molecule has 0 bridgehead atoms. The van der Waals surface area contributed by atoms with Gasteiger partial charge in [0.2, 0.25) is 11.8 Å². The second kappa shape index (κ2) is 5.47. The van der Waals surface area contributed by atoms with Crippen LogP contribution in [0, 0.1) is 5.92 Å². The number of nitrogens with one attached hydrogen (secondary N) is 1. The molecule has 102 valence electrons. The predicted molar refractivity (Wildman–Crippen MR) is 65.7 cm³/mol. The molecule has 2 atom stereocenters. The summed E-state index contributed by atoms with van der Waals surface area (Å²) in [5.41, 5.74) is 0.711. The first kappa shape index (κ1) is 13.6. The van der Waals surface area contributed by atoms with E-state index in [9.17, 15) is 18.4 Å². The fourth-order valence-electron chi connectivity index (χ4n) is 2.51. The molecule has 1 aromatic carbocycles. The highest BCUT2D eigenvalue weighted by Crippen LogP contribution is 2.34. The second-order valence-corrected chi connectivity index (χ2v) is 4.71. The predicted octanol–water partition coefficient (Wildman–Crippen LogP) is 2.78. The SMILES string of the molecule is CCC1C(=O)NC(=O)CC1c1ccc(C(F)F)cc1. The molecule has 1 aliphatic rings. The molecule has 2 rings (SSSR count). The third kappa shape index (κ3) is 2.80. The molecule has 0 aromatic heterocycles. The molecule has 0 aliphatic carbocycles. The van der Waals surface area contributed by atoms with Crippen LogP contribution in [0.25, 0.3) is 0 Å². The fourth-order valence-corrected chi connectivity index (χ4v) is 2.51. The van der Waals surface area contributed by atoms with Gasteiger partial charge in [-0.05, 0) is 12.0 Å². The van der Waals surface area contributed by atoms with Crippen LogP contribution in [0.15, 0.2) is 24.3 Å². The van der Waals surface area contributed by atoms with E-state index in [1.54, 1.807) is 12.1 Å². The Morgan fingerprint density at radius 3 is 2.42 bits per heavy atom. The number of rotatable bonds is 3. The van der Waals surface area contributed by atoms with Gasteiger partial charge in [0.1, 0.15) is 0 Å². The maximum Gasteiger partial charge on any atom is 0.263 e. The molecule has 1 heterocycles. The quantitative estimate of drug-likeness (QED) is 0.856. The van der Waals surface area contributed by atoms with Crippen molar-refractivity contribution in [2.45, 2.75) is 32.1 Å². The van der Waals surface area contributed by atoms with E-state index in [1.807, 2.05) is 6.92 Å². The van der Waals surface area contributed by atoms with Crippen LogP contribution < -0.4 is 5.32 Å². The zero-order valence-corrected chi connectivity index (χ0v) is 10.5. The Bertz CT molecular complexity index is 485. The summed E-state index contributed by atoms with van der Waals surface area (Å²) in [6, 6.07) is 5.87. The van der Waals surface area contributed by atoms with Crippen LogP contribution >= 0.6 is 0 Å². The summed E-state index contributed by atoms with van der Waals surface area (Å²) in [7, 11) is 0. The third-order valence-electron chi connectivity index (χ3n) is 3.55. The zero-order chi connectivity index (χ0) is 14.0. The van der Waals surface area contributed by atoms with Crippen molar-refractivity contribution in [2.75, 3.05) is 0 Å². The van der Waals surface area contributed by atoms with Gasteiger partial charge in [0.15, 0.2) is 0 Å². The van der Waals surface area contributed by atoms with E-state index in [0.717, 1.165) is 5.56 Å². The van der Waals surface area contributed by atoms with Crippen LogP contribution in [0.3, 0.4) is 0 Å². The van der Waals surface area contributed by atoms with E-state index >= 15 is 0 Å². The average Bonchev–Trinajstić information content (AvgIpc) is 2.38. The van der Waals surface area contributed by atoms with Crippen LogP contribution in [0.4, 0.5) is 8.78 Å². The molecule has 2 amide bonds. The minimum absolute atomic E-state index is 0.0524. The van der Waals surface area contributed by atoms with Crippen molar-refractivity contribution >= 4 is 11.8 Å². The molecular weight excluding hydrogens is 252 g/mol. The maximum absolute atomic E-state index is 12.5. The Kier molecular flexibility index (Phi) is 3.93. The summed E-state index contributed by atoms with van der Waals surface area (Å²) < 4.78 is 25.0. The van der Waals surface area contributed by atoms with Gasteiger partial charge in [-0.15, -0.1) is 0 Å². The Balaban J connectivity index is 2.27.